The number of methoxy groups -OCH3 is 1. The maximum Gasteiger partial charge on any atom is 0.333 e. The number of thioether (sulfide) groups is 1. The first-order valence-corrected chi connectivity index (χ1v) is 10.7. The van der Waals surface area contributed by atoms with E-state index in [2.05, 4.69) is 0 Å². The Hall–Kier alpha value is -3.39. The standard InChI is InChI=1S/C23H18N2O5S/c1-30-23(29)17-14(11-13-7-3-2-4-8-13)12-31-22-18(21(28)25(17)22)24-19(26)15-9-5-6-10-16(15)20(24)27/h2-10,12,17-18,22H,11H2,1H3. The summed E-state index contributed by atoms with van der Waals surface area (Å²) in [6.07, 6.45) is 0.488. The summed E-state index contributed by atoms with van der Waals surface area (Å²) < 4.78 is 4.98. The number of hydrogen-bond donors (Lipinski definition) is 0. The molecule has 31 heavy (non-hydrogen) atoms. The highest BCUT2D eigenvalue weighted by molar-refractivity contribution is 8.03. The zero-order valence-corrected chi connectivity index (χ0v) is 17.4. The minimum absolute atomic E-state index is 0.296. The summed E-state index contributed by atoms with van der Waals surface area (Å²) in [5.74, 6) is -1.93. The quantitative estimate of drug-likeness (QED) is 0.417. The summed E-state index contributed by atoms with van der Waals surface area (Å²) in [5, 5.41) is 1.33. The van der Waals surface area contributed by atoms with Crippen molar-refractivity contribution in [2.75, 3.05) is 7.11 Å². The molecule has 0 saturated carbocycles. The molecule has 0 bridgehead atoms. The average molecular weight is 434 g/mol. The van der Waals surface area contributed by atoms with Crippen LogP contribution >= 0.6 is 11.8 Å². The van der Waals surface area contributed by atoms with Gasteiger partial charge in [-0.15, -0.1) is 11.8 Å². The fraction of sp³-hybridized carbons (Fsp3) is 0.217. The summed E-state index contributed by atoms with van der Waals surface area (Å²) in [6, 6.07) is 14.3. The molecule has 8 heteroatoms. The Morgan fingerprint density at radius 3 is 2.19 bits per heavy atom. The van der Waals surface area contributed by atoms with E-state index >= 15 is 0 Å². The second-order valence-electron chi connectivity index (χ2n) is 7.52. The number of esters is 1. The molecule has 7 nitrogen and oxygen atoms in total. The van der Waals surface area contributed by atoms with Crippen LogP contribution in [-0.2, 0) is 20.7 Å². The van der Waals surface area contributed by atoms with Gasteiger partial charge < -0.3 is 9.64 Å². The second kappa shape index (κ2) is 7.39. The van der Waals surface area contributed by atoms with Crippen LogP contribution in [0.2, 0.25) is 0 Å². The molecule has 0 aliphatic carbocycles. The Morgan fingerprint density at radius 2 is 1.58 bits per heavy atom. The second-order valence-corrected chi connectivity index (χ2v) is 8.51. The van der Waals surface area contributed by atoms with E-state index in [4.69, 9.17) is 4.74 Å². The minimum atomic E-state index is -0.945. The Bertz CT molecular complexity index is 1110. The van der Waals surface area contributed by atoms with E-state index in [1.54, 1.807) is 24.3 Å². The zero-order valence-electron chi connectivity index (χ0n) is 16.6. The molecule has 0 radical (unpaired) electrons. The van der Waals surface area contributed by atoms with E-state index in [-0.39, 0.29) is 0 Å². The van der Waals surface area contributed by atoms with E-state index < -0.39 is 41.1 Å². The van der Waals surface area contributed by atoms with Gasteiger partial charge in [0.1, 0.15) is 11.4 Å². The molecule has 3 unspecified atom stereocenters. The molecule has 0 spiro atoms. The molecular formula is C23H18N2O5S. The normalized spacial score (nSPS) is 24.4. The van der Waals surface area contributed by atoms with Crippen LogP contribution in [0.1, 0.15) is 26.3 Å². The van der Waals surface area contributed by atoms with Gasteiger partial charge in [0.25, 0.3) is 17.7 Å². The van der Waals surface area contributed by atoms with Crippen molar-refractivity contribution in [3.63, 3.8) is 0 Å². The molecule has 0 N–H and O–H groups in total. The number of carbonyl (C=O) groups is 4. The van der Waals surface area contributed by atoms with Crippen molar-refractivity contribution in [3.8, 4) is 0 Å². The van der Waals surface area contributed by atoms with Crippen molar-refractivity contribution >= 4 is 35.5 Å². The van der Waals surface area contributed by atoms with Gasteiger partial charge in [-0.2, -0.15) is 0 Å². The number of fused-ring (bicyclic) bond motifs is 2. The first kappa shape index (κ1) is 19.6. The number of imide groups is 1. The highest BCUT2D eigenvalue weighted by atomic mass is 32.2. The number of amides is 3. The molecule has 156 valence electrons. The van der Waals surface area contributed by atoms with Crippen LogP contribution < -0.4 is 0 Å². The van der Waals surface area contributed by atoms with Gasteiger partial charge in [-0.05, 0) is 35.1 Å². The molecular weight excluding hydrogens is 416 g/mol. The first-order valence-electron chi connectivity index (χ1n) is 9.78. The first-order chi connectivity index (χ1) is 15.0. The van der Waals surface area contributed by atoms with Crippen molar-refractivity contribution < 1.29 is 23.9 Å². The van der Waals surface area contributed by atoms with Crippen LogP contribution in [0.15, 0.2) is 65.6 Å². The number of benzene rings is 2. The number of nitrogens with zero attached hydrogens (tertiary/aromatic N) is 2. The molecule has 1 fully saturated rings. The molecule has 2 aromatic carbocycles. The van der Waals surface area contributed by atoms with Crippen LogP contribution in [0.5, 0.6) is 0 Å². The van der Waals surface area contributed by atoms with Crippen molar-refractivity contribution in [1.82, 2.24) is 9.80 Å². The van der Waals surface area contributed by atoms with Gasteiger partial charge in [-0.3, -0.25) is 19.3 Å². The van der Waals surface area contributed by atoms with Crippen LogP contribution in [0.3, 0.4) is 0 Å². The summed E-state index contributed by atoms with van der Waals surface area (Å²) >= 11 is 1.34. The summed E-state index contributed by atoms with van der Waals surface area (Å²) in [5.41, 5.74) is 2.34. The smallest absolute Gasteiger partial charge is 0.333 e. The fourth-order valence-electron chi connectivity index (χ4n) is 4.33. The summed E-state index contributed by atoms with van der Waals surface area (Å²) in [6.45, 7) is 0. The molecule has 5 rings (SSSR count). The molecule has 3 aliphatic heterocycles. The van der Waals surface area contributed by atoms with E-state index in [1.165, 1.54) is 23.8 Å². The Labute approximate surface area is 182 Å². The molecule has 3 heterocycles. The third-order valence-corrected chi connectivity index (χ3v) is 7.02. The maximum absolute atomic E-state index is 13.2. The molecule has 2 aromatic rings. The highest BCUT2D eigenvalue weighted by Crippen LogP contribution is 2.44. The lowest BCUT2D eigenvalue weighted by Gasteiger charge is -2.53. The van der Waals surface area contributed by atoms with E-state index in [9.17, 15) is 19.2 Å². The van der Waals surface area contributed by atoms with Crippen LogP contribution in [0.25, 0.3) is 0 Å². The van der Waals surface area contributed by atoms with Crippen LogP contribution in [-0.4, -0.2) is 58.1 Å². The van der Waals surface area contributed by atoms with Crippen molar-refractivity contribution in [2.24, 2.45) is 0 Å². The van der Waals surface area contributed by atoms with Crippen molar-refractivity contribution in [1.29, 1.82) is 0 Å². The molecule has 0 aromatic heterocycles. The van der Waals surface area contributed by atoms with Crippen LogP contribution in [0, 0.1) is 0 Å². The van der Waals surface area contributed by atoms with Gasteiger partial charge in [-0.25, -0.2) is 4.79 Å². The predicted octanol–water partition coefficient (Wildman–Crippen LogP) is 2.23. The lowest BCUT2D eigenvalue weighted by atomic mass is 9.93. The van der Waals surface area contributed by atoms with Crippen molar-refractivity contribution in [3.05, 3.63) is 82.3 Å². The van der Waals surface area contributed by atoms with E-state index in [0.717, 1.165) is 16.0 Å². The van der Waals surface area contributed by atoms with Crippen LogP contribution in [0.4, 0.5) is 0 Å². The topological polar surface area (TPSA) is 84.0 Å². The lowest BCUT2D eigenvalue weighted by molar-refractivity contribution is -0.163. The average Bonchev–Trinajstić information content (AvgIpc) is 3.04. The number of hydrogen-bond acceptors (Lipinski definition) is 6. The number of ether oxygens (including phenoxy) is 1. The van der Waals surface area contributed by atoms with Gasteiger partial charge in [0.2, 0.25) is 0 Å². The molecule has 3 aliphatic rings. The maximum atomic E-state index is 13.2. The van der Waals surface area contributed by atoms with Gasteiger partial charge in [-0.1, -0.05) is 42.5 Å². The lowest BCUT2D eigenvalue weighted by Crippen LogP contribution is -2.74. The Balaban J connectivity index is 1.46. The number of rotatable bonds is 4. The predicted molar refractivity (Wildman–Crippen MR) is 113 cm³/mol. The number of β-lactam (4-membered cyclic amide) rings is 1. The third kappa shape index (κ3) is 2.90. The van der Waals surface area contributed by atoms with E-state index in [0.29, 0.717) is 17.5 Å². The van der Waals surface area contributed by atoms with Gasteiger partial charge in [0.15, 0.2) is 6.04 Å². The fourth-order valence-corrected chi connectivity index (χ4v) is 5.60. The Kier molecular flexibility index (Phi) is 4.66. The minimum Gasteiger partial charge on any atom is -0.467 e. The van der Waals surface area contributed by atoms with E-state index in [1.807, 2.05) is 35.7 Å². The number of carbonyl (C=O) groups excluding carboxylic acids is 4. The molecule has 3 atom stereocenters. The highest BCUT2D eigenvalue weighted by Gasteiger charge is 2.61. The van der Waals surface area contributed by atoms with Gasteiger partial charge >= 0.3 is 5.97 Å². The summed E-state index contributed by atoms with van der Waals surface area (Å²) in [4.78, 5) is 54.0. The monoisotopic (exact) mass is 434 g/mol. The van der Waals surface area contributed by atoms with Gasteiger partial charge in [0.05, 0.1) is 18.2 Å². The van der Waals surface area contributed by atoms with Crippen molar-refractivity contribution in [2.45, 2.75) is 23.9 Å². The molecule has 1 saturated heterocycles. The van der Waals surface area contributed by atoms with Gasteiger partial charge in [0, 0.05) is 0 Å². The largest absolute Gasteiger partial charge is 0.467 e. The summed E-state index contributed by atoms with van der Waals surface area (Å²) in [7, 11) is 1.28. The zero-order chi connectivity index (χ0) is 21.7. The SMILES string of the molecule is COC(=O)C1C(Cc2ccccc2)=CSC2C(N3C(=O)c4ccccc4C3=O)C(=O)N12. The Morgan fingerprint density at radius 1 is 0.968 bits per heavy atom. The third-order valence-electron chi connectivity index (χ3n) is 5.82. The molecule has 3 amide bonds.